The Kier molecular flexibility index (Phi) is 3.87. The monoisotopic (exact) mass is 314 g/mol. The molecule has 120 valence electrons. The lowest BCUT2D eigenvalue weighted by molar-refractivity contribution is -0.391. The van der Waals surface area contributed by atoms with E-state index >= 15 is 0 Å². The molecule has 0 aliphatic carbocycles. The van der Waals surface area contributed by atoms with E-state index in [0.29, 0.717) is 18.8 Å². The van der Waals surface area contributed by atoms with Gasteiger partial charge in [-0.05, 0) is 16.6 Å². The van der Waals surface area contributed by atoms with Gasteiger partial charge in [0.25, 0.3) is 5.91 Å². The number of aromatic nitrogens is 1. The summed E-state index contributed by atoms with van der Waals surface area (Å²) >= 11 is 0. The van der Waals surface area contributed by atoms with Crippen LogP contribution in [0.4, 0.5) is 5.82 Å². The molecule has 0 saturated carbocycles. The number of hydrogen-bond donors (Lipinski definition) is 1. The molecule has 0 bridgehead atoms. The lowest BCUT2D eigenvalue weighted by Crippen LogP contribution is -2.33. The third kappa shape index (κ3) is 2.70. The largest absolute Gasteiger partial charge is 0.358 e. The van der Waals surface area contributed by atoms with Gasteiger partial charge in [-0.3, -0.25) is 4.79 Å². The second-order valence-electron chi connectivity index (χ2n) is 5.78. The van der Waals surface area contributed by atoms with Crippen LogP contribution in [0.1, 0.15) is 22.0 Å². The fourth-order valence-corrected chi connectivity index (χ4v) is 3.11. The van der Waals surface area contributed by atoms with E-state index in [-0.39, 0.29) is 23.7 Å². The number of nitrogens with two attached hydrogens (primary N) is 1. The van der Waals surface area contributed by atoms with Crippen LogP contribution in [-0.2, 0) is 7.05 Å². The summed E-state index contributed by atoms with van der Waals surface area (Å²) in [6.45, 7) is 0.959. The van der Waals surface area contributed by atoms with Crippen LogP contribution in [0.25, 0.3) is 0 Å². The lowest BCUT2D eigenvalue weighted by Gasteiger charge is -2.15. The molecule has 2 heterocycles. The number of carbonyl (C=O) groups is 1. The van der Waals surface area contributed by atoms with Crippen LogP contribution in [0.3, 0.4) is 0 Å². The molecule has 1 aliphatic rings. The highest BCUT2D eigenvalue weighted by Crippen LogP contribution is 2.28. The second-order valence-corrected chi connectivity index (χ2v) is 5.78. The molecule has 0 unspecified atom stereocenters. The minimum absolute atomic E-state index is 0.0791. The van der Waals surface area contributed by atoms with Crippen molar-refractivity contribution in [2.75, 3.05) is 13.1 Å². The van der Waals surface area contributed by atoms with Crippen LogP contribution in [0, 0.1) is 10.1 Å². The molecule has 1 amide bonds. The smallest absolute Gasteiger partial charge is 0.323 e. The van der Waals surface area contributed by atoms with E-state index in [9.17, 15) is 14.9 Å². The summed E-state index contributed by atoms with van der Waals surface area (Å²) in [7, 11) is 1.52. The minimum atomic E-state index is -0.501. The first-order valence-electron chi connectivity index (χ1n) is 7.39. The highest BCUT2D eigenvalue weighted by molar-refractivity contribution is 5.93. The third-order valence-electron chi connectivity index (χ3n) is 4.38. The van der Waals surface area contributed by atoms with Crippen molar-refractivity contribution in [1.82, 2.24) is 9.47 Å². The topological polar surface area (TPSA) is 94.4 Å². The molecular weight excluding hydrogens is 296 g/mol. The maximum absolute atomic E-state index is 12.7. The van der Waals surface area contributed by atoms with E-state index < -0.39 is 4.92 Å². The van der Waals surface area contributed by atoms with Gasteiger partial charge in [-0.1, -0.05) is 30.3 Å². The van der Waals surface area contributed by atoms with E-state index in [0.717, 1.165) is 5.56 Å². The van der Waals surface area contributed by atoms with Gasteiger partial charge in [0, 0.05) is 31.1 Å². The second kappa shape index (κ2) is 5.85. The van der Waals surface area contributed by atoms with E-state index in [1.165, 1.54) is 23.7 Å². The maximum Gasteiger partial charge on any atom is 0.323 e. The lowest BCUT2D eigenvalue weighted by atomic mass is 9.95. The standard InChI is InChI=1S/C16H18N4O3/c1-18-14(7-8-15(18)20(22)23)16(21)19-9-12(13(17)10-19)11-5-3-2-4-6-11/h2-8,12-13H,9-10,17H2,1H3/t12-,13+/m0/s1. The molecule has 7 heteroatoms. The molecule has 1 fully saturated rings. The Morgan fingerprint density at radius 2 is 1.91 bits per heavy atom. The van der Waals surface area contributed by atoms with Crippen LogP contribution in [0.15, 0.2) is 42.5 Å². The molecule has 0 spiro atoms. The van der Waals surface area contributed by atoms with Gasteiger partial charge in [-0.15, -0.1) is 0 Å². The van der Waals surface area contributed by atoms with Crippen molar-refractivity contribution in [3.63, 3.8) is 0 Å². The number of nitrogens with zero attached hydrogens (tertiary/aromatic N) is 3. The molecule has 2 aromatic rings. The SMILES string of the molecule is Cn1c(C(=O)N2C[C@@H](N)[C@H](c3ccccc3)C2)ccc1[N+](=O)[O-]. The van der Waals surface area contributed by atoms with Gasteiger partial charge in [0.15, 0.2) is 5.69 Å². The quantitative estimate of drug-likeness (QED) is 0.686. The number of hydrogen-bond acceptors (Lipinski definition) is 4. The zero-order chi connectivity index (χ0) is 16.6. The molecule has 23 heavy (non-hydrogen) atoms. The third-order valence-corrected chi connectivity index (χ3v) is 4.38. The first-order chi connectivity index (χ1) is 11.0. The summed E-state index contributed by atoms with van der Waals surface area (Å²) in [5.74, 6) is -0.249. The minimum Gasteiger partial charge on any atom is -0.358 e. The average Bonchev–Trinajstić information content (AvgIpc) is 3.11. The first-order valence-corrected chi connectivity index (χ1v) is 7.39. The molecule has 1 aromatic carbocycles. The summed E-state index contributed by atoms with van der Waals surface area (Å²) in [6, 6.07) is 12.5. The highest BCUT2D eigenvalue weighted by atomic mass is 16.6. The zero-order valence-corrected chi connectivity index (χ0v) is 12.8. The van der Waals surface area contributed by atoms with Crippen LogP contribution in [-0.4, -0.2) is 39.4 Å². The molecule has 1 saturated heterocycles. The first kappa shape index (κ1) is 15.2. The van der Waals surface area contributed by atoms with Crippen LogP contribution < -0.4 is 5.73 Å². The van der Waals surface area contributed by atoms with E-state index in [4.69, 9.17) is 5.73 Å². The molecule has 1 aliphatic heterocycles. The molecular formula is C16H18N4O3. The normalized spacial score (nSPS) is 20.7. The zero-order valence-electron chi connectivity index (χ0n) is 12.8. The van der Waals surface area contributed by atoms with Crippen LogP contribution in [0.5, 0.6) is 0 Å². The van der Waals surface area contributed by atoms with E-state index in [1.54, 1.807) is 4.90 Å². The predicted octanol–water partition coefficient (Wildman–Crippen LogP) is 1.50. The fraction of sp³-hybridized carbons (Fsp3) is 0.312. The molecule has 7 nitrogen and oxygen atoms in total. The summed E-state index contributed by atoms with van der Waals surface area (Å²) in [4.78, 5) is 24.7. The van der Waals surface area contributed by atoms with E-state index in [2.05, 4.69) is 0 Å². The van der Waals surface area contributed by atoms with E-state index in [1.807, 2.05) is 30.3 Å². The molecule has 2 N–H and O–H groups in total. The van der Waals surface area contributed by atoms with Gasteiger partial charge in [-0.25, -0.2) is 4.57 Å². The fourth-order valence-electron chi connectivity index (χ4n) is 3.11. The number of amides is 1. The van der Waals surface area contributed by atoms with Crippen LogP contribution >= 0.6 is 0 Å². The Morgan fingerprint density at radius 1 is 1.22 bits per heavy atom. The van der Waals surface area contributed by atoms with Gasteiger partial charge in [0.05, 0.1) is 7.05 Å². The van der Waals surface area contributed by atoms with Crippen molar-refractivity contribution >= 4 is 11.7 Å². The maximum atomic E-state index is 12.7. The van der Waals surface area contributed by atoms with Crippen molar-refractivity contribution in [2.24, 2.45) is 12.8 Å². The number of rotatable bonds is 3. The van der Waals surface area contributed by atoms with Crippen molar-refractivity contribution < 1.29 is 9.72 Å². The molecule has 2 atom stereocenters. The summed E-state index contributed by atoms with van der Waals surface area (Å²) in [5, 5.41) is 10.9. The van der Waals surface area contributed by atoms with Crippen molar-refractivity contribution in [3.05, 3.63) is 63.8 Å². The van der Waals surface area contributed by atoms with Crippen LogP contribution in [0.2, 0.25) is 0 Å². The van der Waals surface area contributed by atoms with Gasteiger partial charge in [-0.2, -0.15) is 0 Å². The Hall–Kier alpha value is -2.67. The predicted molar refractivity (Wildman–Crippen MR) is 85.1 cm³/mol. The molecule has 3 rings (SSSR count). The summed E-state index contributed by atoms with van der Waals surface area (Å²) in [5.41, 5.74) is 7.61. The van der Waals surface area contributed by atoms with Crippen molar-refractivity contribution in [3.8, 4) is 0 Å². The Bertz CT molecular complexity index is 741. The average molecular weight is 314 g/mol. The Labute approximate surface area is 133 Å². The summed E-state index contributed by atoms with van der Waals surface area (Å²) < 4.78 is 1.31. The van der Waals surface area contributed by atoms with Gasteiger partial charge >= 0.3 is 5.82 Å². The molecule has 0 radical (unpaired) electrons. The van der Waals surface area contributed by atoms with Gasteiger partial charge in [0.2, 0.25) is 0 Å². The molecule has 1 aromatic heterocycles. The highest BCUT2D eigenvalue weighted by Gasteiger charge is 2.36. The van der Waals surface area contributed by atoms with Gasteiger partial charge in [0.1, 0.15) is 0 Å². The number of benzene rings is 1. The van der Waals surface area contributed by atoms with Gasteiger partial charge < -0.3 is 20.7 Å². The number of likely N-dealkylation sites (tertiary alicyclic amines) is 1. The van der Waals surface area contributed by atoms with Crippen molar-refractivity contribution in [2.45, 2.75) is 12.0 Å². The Balaban J connectivity index is 1.81. The summed E-state index contributed by atoms with van der Waals surface area (Å²) in [6.07, 6.45) is 0. The van der Waals surface area contributed by atoms with Crippen molar-refractivity contribution in [1.29, 1.82) is 0 Å². The number of nitro groups is 1. The number of carbonyl (C=O) groups excluding carboxylic acids is 1. The Morgan fingerprint density at radius 3 is 2.52 bits per heavy atom.